The van der Waals surface area contributed by atoms with E-state index in [1.807, 2.05) is 18.2 Å². The second kappa shape index (κ2) is 7.48. The van der Waals surface area contributed by atoms with Crippen LogP contribution in [0.4, 0.5) is 4.39 Å². The molecule has 0 amide bonds. The van der Waals surface area contributed by atoms with E-state index in [-0.39, 0.29) is 5.82 Å². The van der Waals surface area contributed by atoms with Crippen LogP contribution in [-0.2, 0) is 5.75 Å². The second-order valence-electron chi connectivity index (χ2n) is 6.73. The molecule has 1 fully saturated rings. The van der Waals surface area contributed by atoms with Gasteiger partial charge in [-0.25, -0.2) is 9.37 Å². The summed E-state index contributed by atoms with van der Waals surface area (Å²) >= 11 is 3.22. The van der Waals surface area contributed by atoms with Crippen molar-refractivity contribution in [2.45, 2.75) is 29.7 Å². The van der Waals surface area contributed by atoms with Gasteiger partial charge in [-0.15, -0.1) is 21.5 Å². The fourth-order valence-corrected chi connectivity index (χ4v) is 4.82. The van der Waals surface area contributed by atoms with Crippen molar-refractivity contribution in [3.8, 4) is 16.3 Å². The van der Waals surface area contributed by atoms with E-state index in [0.29, 0.717) is 11.7 Å². The zero-order valence-corrected chi connectivity index (χ0v) is 16.6. The number of hydrogen-bond acceptors (Lipinski definition) is 5. The normalized spacial score (nSPS) is 13.8. The topological polar surface area (TPSA) is 43.6 Å². The molecule has 2 aromatic heterocycles. The molecular weight excluding hydrogens is 391 g/mol. The largest absolute Gasteiger partial charge is 0.274 e. The smallest absolute Gasteiger partial charge is 0.196 e. The zero-order valence-electron chi connectivity index (χ0n) is 15.0. The van der Waals surface area contributed by atoms with Crippen molar-refractivity contribution in [3.05, 3.63) is 77.3 Å². The van der Waals surface area contributed by atoms with Gasteiger partial charge in [-0.05, 0) is 49.2 Å². The van der Waals surface area contributed by atoms with Crippen LogP contribution in [-0.4, -0.2) is 19.7 Å². The minimum absolute atomic E-state index is 0.234. The molecule has 0 atom stereocenters. The molecule has 0 bridgehead atoms. The summed E-state index contributed by atoms with van der Waals surface area (Å²) in [6.45, 7) is 0. The van der Waals surface area contributed by atoms with Crippen molar-refractivity contribution < 1.29 is 4.39 Å². The molecule has 4 aromatic rings. The molecule has 7 heteroatoms. The molecule has 28 heavy (non-hydrogen) atoms. The maximum Gasteiger partial charge on any atom is 0.196 e. The number of thiazole rings is 1. The average Bonchev–Trinajstić information content (AvgIpc) is 3.31. The molecule has 1 aliphatic carbocycles. The van der Waals surface area contributed by atoms with Crippen molar-refractivity contribution in [2.75, 3.05) is 0 Å². The highest BCUT2D eigenvalue weighted by molar-refractivity contribution is 7.98. The molecule has 2 heterocycles. The van der Waals surface area contributed by atoms with E-state index < -0.39 is 0 Å². The molecular formula is C21H17FN4S2. The van der Waals surface area contributed by atoms with Crippen LogP contribution in [0.2, 0.25) is 0 Å². The maximum atomic E-state index is 13.1. The molecule has 0 spiro atoms. The van der Waals surface area contributed by atoms with Gasteiger partial charge in [0.25, 0.3) is 0 Å². The van der Waals surface area contributed by atoms with Gasteiger partial charge < -0.3 is 0 Å². The van der Waals surface area contributed by atoms with Gasteiger partial charge in [-0.1, -0.05) is 30.0 Å². The Hall–Kier alpha value is -2.51. The van der Waals surface area contributed by atoms with Crippen molar-refractivity contribution in [1.29, 1.82) is 0 Å². The van der Waals surface area contributed by atoms with Gasteiger partial charge in [-0.3, -0.25) is 4.57 Å². The fourth-order valence-electron chi connectivity index (χ4n) is 3.04. The molecule has 5 rings (SSSR count). The number of aromatic nitrogens is 4. The first-order valence-corrected chi connectivity index (χ1v) is 11.0. The summed E-state index contributed by atoms with van der Waals surface area (Å²) in [6.07, 6.45) is 2.37. The Bertz CT molecular complexity index is 1090. The van der Waals surface area contributed by atoms with Gasteiger partial charge in [0, 0.05) is 28.3 Å². The van der Waals surface area contributed by atoms with Crippen LogP contribution in [0.3, 0.4) is 0 Å². The lowest BCUT2D eigenvalue weighted by Gasteiger charge is -2.09. The lowest BCUT2D eigenvalue weighted by atomic mass is 10.2. The number of halogens is 1. The molecule has 0 saturated heterocycles. The van der Waals surface area contributed by atoms with E-state index in [4.69, 9.17) is 4.98 Å². The predicted molar refractivity (Wildman–Crippen MR) is 110 cm³/mol. The van der Waals surface area contributed by atoms with E-state index in [1.54, 1.807) is 35.2 Å². The number of benzene rings is 2. The highest BCUT2D eigenvalue weighted by Crippen LogP contribution is 2.41. The van der Waals surface area contributed by atoms with Crippen molar-refractivity contribution in [1.82, 2.24) is 19.7 Å². The Kier molecular flexibility index (Phi) is 4.70. The number of para-hydroxylation sites is 1. The van der Waals surface area contributed by atoms with Crippen LogP contribution in [0, 0.1) is 5.82 Å². The monoisotopic (exact) mass is 408 g/mol. The van der Waals surface area contributed by atoms with Crippen molar-refractivity contribution >= 4 is 23.1 Å². The number of rotatable bonds is 6. The quantitative estimate of drug-likeness (QED) is 0.384. The summed E-state index contributed by atoms with van der Waals surface area (Å²) in [5, 5.41) is 12.8. The van der Waals surface area contributed by atoms with Crippen LogP contribution in [0.25, 0.3) is 16.3 Å². The van der Waals surface area contributed by atoms with Crippen molar-refractivity contribution in [2.24, 2.45) is 0 Å². The number of nitrogens with zero attached hydrogens (tertiary/aromatic N) is 4. The Balaban J connectivity index is 1.37. The summed E-state index contributed by atoms with van der Waals surface area (Å²) in [5.74, 6) is 2.06. The second-order valence-corrected chi connectivity index (χ2v) is 8.53. The number of thioether (sulfide) groups is 1. The lowest BCUT2D eigenvalue weighted by Crippen LogP contribution is -2.01. The number of hydrogen-bond donors (Lipinski definition) is 0. The molecule has 0 aliphatic heterocycles. The highest BCUT2D eigenvalue weighted by atomic mass is 32.2. The van der Waals surface area contributed by atoms with Crippen LogP contribution in [0.5, 0.6) is 0 Å². The molecule has 0 radical (unpaired) electrons. The van der Waals surface area contributed by atoms with Gasteiger partial charge in [0.15, 0.2) is 5.16 Å². The predicted octanol–water partition coefficient (Wildman–Crippen LogP) is 5.70. The van der Waals surface area contributed by atoms with E-state index in [1.165, 1.54) is 25.0 Å². The Morgan fingerprint density at radius 3 is 2.57 bits per heavy atom. The van der Waals surface area contributed by atoms with Gasteiger partial charge in [0.1, 0.15) is 16.6 Å². The summed E-state index contributed by atoms with van der Waals surface area (Å²) in [7, 11) is 0. The molecule has 140 valence electrons. The standard InChI is InChI=1S/C21H17FN4S2/c22-16-10-8-15(9-11-16)20-23-17(12-27-20)13-28-21-25-24-19(14-6-7-14)26(21)18-4-2-1-3-5-18/h1-5,8-12,14H,6-7,13H2. The van der Waals surface area contributed by atoms with E-state index in [9.17, 15) is 4.39 Å². The molecule has 4 nitrogen and oxygen atoms in total. The van der Waals surface area contributed by atoms with Crippen LogP contribution >= 0.6 is 23.1 Å². The SMILES string of the molecule is Fc1ccc(-c2nc(CSc3nnc(C4CC4)n3-c3ccccc3)cs2)cc1. The summed E-state index contributed by atoms with van der Waals surface area (Å²) in [5.41, 5.74) is 3.03. The van der Waals surface area contributed by atoms with E-state index >= 15 is 0 Å². The first-order chi connectivity index (χ1) is 13.8. The lowest BCUT2D eigenvalue weighted by molar-refractivity contribution is 0.628. The minimum atomic E-state index is -0.234. The first-order valence-electron chi connectivity index (χ1n) is 9.12. The van der Waals surface area contributed by atoms with E-state index in [2.05, 4.69) is 32.3 Å². The molecule has 1 aliphatic rings. The molecule has 2 aromatic carbocycles. The average molecular weight is 409 g/mol. The van der Waals surface area contributed by atoms with Gasteiger partial charge in [0.05, 0.1) is 5.69 Å². The van der Waals surface area contributed by atoms with Gasteiger partial charge in [0.2, 0.25) is 0 Å². The Morgan fingerprint density at radius 1 is 1.04 bits per heavy atom. The van der Waals surface area contributed by atoms with Crippen LogP contribution in [0.15, 0.2) is 65.1 Å². The first kappa shape index (κ1) is 17.6. The molecule has 0 N–H and O–H groups in total. The Morgan fingerprint density at radius 2 is 1.82 bits per heavy atom. The highest BCUT2D eigenvalue weighted by Gasteiger charge is 2.31. The Labute approximate surface area is 170 Å². The maximum absolute atomic E-state index is 13.1. The van der Waals surface area contributed by atoms with E-state index in [0.717, 1.165) is 32.9 Å². The minimum Gasteiger partial charge on any atom is -0.274 e. The van der Waals surface area contributed by atoms with Gasteiger partial charge in [-0.2, -0.15) is 0 Å². The molecule has 1 saturated carbocycles. The van der Waals surface area contributed by atoms with Crippen LogP contribution < -0.4 is 0 Å². The third kappa shape index (κ3) is 3.59. The molecule has 0 unspecified atom stereocenters. The van der Waals surface area contributed by atoms with Crippen molar-refractivity contribution in [3.63, 3.8) is 0 Å². The third-order valence-corrected chi connectivity index (χ3v) is 6.51. The fraction of sp³-hybridized carbons (Fsp3) is 0.190. The summed E-state index contributed by atoms with van der Waals surface area (Å²) < 4.78 is 15.3. The zero-order chi connectivity index (χ0) is 18.9. The summed E-state index contributed by atoms with van der Waals surface area (Å²) in [6, 6.07) is 16.7. The summed E-state index contributed by atoms with van der Waals surface area (Å²) in [4.78, 5) is 4.70. The van der Waals surface area contributed by atoms with Gasteiger partial charge >= 0.3 is 0 Å². The third-order valence-electron chi connectivity index (χ3n) is 4.61. The van der Waals surface area contributed by atoms with Crippen LogP contribution in [0.1, 0.15) is 30.3 Å².